The molecule has 2 N–H and O–H groups in total. The van der Waals surface area contributed by atoms with Gasteiger partial charge in [-0.1, -0.05) is 12.1 Å². The molecule has 0 spiro atoms. The molecule has 1 heterocycles. The van der Waals surface area contributed by atoms with E-state index in [4.69, 9.17) is 0 Å². The van der Waals surface area contributed by atoms with E-state index in [2.05, 4.69) is 15.5 Å². The molecule has 1 amide bonds. The van der Waals surface area contributed by atoms with Gasteiger partial charge in [-0.15, -0.1) is 0 Å². The minimum absolute atomic E-state index is 0.168. The fraction of sp³-hybridized carbons (Fsp3) is 0.222. The number of sulfone groups is 1. The molecule has 0 radical (unpaired) electrons. The van der Waals surface area contributed by atoms with Crippen molar-refractivity contribution in [2.45, 2.75) is 30.4 Å². The summed E-state index contributed by atoms with van der Waals surface area (Å²) < 4.78 is 24.2. The summed E-state index contributed by atoms with van der Waals surface area (Å²) in [6.45, 7) is 3.29. The molecule has 0 aliphatic rings. The van der Waals surface area contributed by atoms with E-state index < -0.39 is 15.1 Å². The van der Waals surface area contributed by atoms with Crippen LogP contribution < -0.4 is 5.32 Å². The number of aromatic nitrogens is 2. The number of rotatable bonds is 5. The Bertz CT molecular complexity index is 1010. The summed E-state index contributed by atoms with van der Waals surface area (Å²) >= 11 is 0. The highest BCUT2D eigenvalue weighted by atomic mass is 32.2. The van der Waals surface area contributed by atoms with E-state index in [1.54, 1.807) is 44.3 Å². The highest BCUT2D eigenvalue weighted by Gasteiger charge is 2.18. The monoisotopic (exact) mass is 357 g/mol. The maximum absolute atomic E-state index is 12.2. The van der Waals surface area contributed by atoms with E-state index in [0.717, 1.165) is 16.5 Å². The van der Waals surface area contributed by atoms with Crippen LogP contribution in [0.25, 0.3) is 10.9 Å². The predicted octanol–water partition coefficient (Wildman–Crippen LogP) is 2.93. The molecule has 0 saturated heterocycles. The highest BCUT2D eigenvalue weighted by Crippen LogP contribution is 2.18. The topological polar surface area (TPSA) is 91.9 Å². The summed E-state index contributed by atoms with van der Waals surface area (Å²) in [7, 11) is -3.30. The Labute approximate surface area is 146 Å². The molecule has 0 fully saturated rings. The van der Waals surface area contributed by atoms with Crippen molar-refractivity contribution in [3.05, 3.63) is 54.2 Å². The average Bonchev–Trinajstić information content (AvgIpc) is 3.02. The molecule has 3 aromatic rings. The second-order valence-corrected chi connectivity index (χ2v) is 8.64. The fourth-order valence-electron chi connectivity index (χ4n) is 2.47. The third-order valence-corrected chi connectivity index (χ3v) is 6.13. The lowest BCUT2D eigenvalue weighted by Crippen LogP contribution is -2.15. The van der Waals surface area contributed by atoms with Gasteiger partial charge in [0.25, 0.3) is 0 Å². The molecule has 7 heteroatoms. The van der Waals surface area contributed by atoms with Gasteiger partial charge in [0.15, 0.2) is 9.84 Å². The van der Waals surface area contributed by atoms with Crippen LogP contribution in [-0.2, 0) is 21.1 Å². The number of amides is 1. The first-order valence-electron chi connectivity index (χ1n) is 7.92. The second kappa shape index (κ2) is 6.68. The number of carbonyl (C=O) groups is 1. The standard InChI is InChI=1S/C18H19N3O3S/c1-12(2)25(23,24)16-7-3-13(4-8-16)9-18(22)20-15-6-5-14-11-19-21-17(14)10-15/h3-8,10-12H,9H2,1-2H3,(H,19,21)(H,20,22). The lowest BCUT2D eigenvalue weighted by Gasteiger charge is -2.09. The number of hydrogen-bond acceptors (Lipinski definition) is 4. The van der Waals surface area contributed by atoms with Crippen LogP contribution in [0.1, 0.15) is 19.4 Å². The second-order valence-electron chi connectivity index (χ2n) is 6.13. The van der Waals surface area contributed by atoms with Gasteiger partial charge < -0.3 is 5.32 Å². The lowest BCUT2D eigenvalue weighted by atomic mass is 10.1. The molecule has 6 nitrogen and oxygen atoms in total. The van der Waals surface area contributed by atoms with E-state index in [0.29, 0.717) is 5.69 Å². The van der Waals surface area contributed by atoms with Gasteiger partial charge in [0.05, 0.1) is 28.3 Å². The first-order valence-corrected chi connectivity index (χ1v) is 9.47. The summed E-state index contributed by atoms with van der Waals surface area (Å²) in [5, 5.41) is 10.1. The van der Waals surface area contributed by atoms with Gasteiger partial charge in [0.2, 0.25) is 5.91 Å². The van der Waals surface area contributed by atoms with Crippen molar-refractivity contribution in [1.82, 2.24) is 10.2 Å². The number of anilines is 1. The zero-order chi connectivity index (χ0) is 18.0. The third-order valence-electron chi connectivity index (χ3n) is 3.96. The van der Waals surface area contributed by atoms with Gasteiger partial charge in [0, 0.05) is 11.1 Å². The molecule has 0 aliphatic heterocycles. The maximum Gasteiger partial charge on any atom is 0.228 e. The van der Waals surface area contributed by atoms with Crippen molar-refractivity contribution in [3.8, 4) is 0 Å². The molecular weight excluding hydrogens is 338 g/mol. The normalized spacial score (nSPS) is 11.8. The molecule has 3 rings (SSSR count). The smallest absolute Gasteiger partial charge is 0.228 e. The minimum atomic E-state index is -3.30. The van der Waals surface area contributed by atoms with Crippen LogP contribution >= 0.6 is 0 Å². The molecule has 2 aromatic carbocycles. The SMILES string of the molecule is CC(C)S(=O)(=O)c1ccc(CC(=O)Nc2ccc3cn[nH]c3c2)cc1. The Kier molecular flexibility index (Phi) is 4.59. The summed E-state index contributed by atoms with van der Waals surface area (Å²) in [5.41, 5.74) is 2.28. The fourth-order valence-corrected chi connectivity index (χ4v) is 3.53. The number of H-pyrrole nitrogens is 1. The van der Waals surface area contributed by atoms with Gasteiger partial charge in [0.1, 0.15) is 0 Å². The van der Waals surface area contributed by atoms with Crippen molar-refractivity contribution in [1.29, 1.82) is 0 Å². The van der Waals surface area contributed by atoms with Crippen LogP contribution in [0, 0.1) is 0 Å². The first kappa shape index (κ1) is 17.2. The summed E-state index contributed by atoms with van der Waals surface area (Å²) in [6.07, 6.45) is 1.89. The molecule has 130 valence electrons. The summed E-state index contributed by atoms with van der Waals surface area (Å²) in [5.74, 6) is -0.168. The van der Waals surface area contributed by atoms with Crippen molar-refractivity contribution in [2.75, 3.05) is 5.32 Å². The Balaban J connectivity index is 1.68. The van der Waals surface area contributed by atoms with Crippen LogP contribution in [0.4, 0.5) is 5.69 Å². The lowest BCUT2D eigenvalue weighted by molar-refractivity contribution is -0.115. The number of fused-ring (bicyclic) bond motifs is 1. The molecule has 0 atom stereocenters. The van der Waals surface area contributed by atoms with Crippen molar-refractivity contribution >= 4 is 32.3 Å². The Morgan fingerprint density at radius 2 is 1.88 bits per heavy atom. The molecule has 0 saturated carbocycles. The predicted molar refractivity (Wildman–Crippen MR) is 97.2 cm³/mol. The Morgan fingerprint density at radius 3 is 2.56 bits per heavy atom. The number of nitrogens with one attached hydrogen (secondary N) is 2. The Hall–Kier alpha value is -2.67. The number of benzene rings is 2. The number of nitrogens with zero attached hydrogens (tertiary/aromatic N) is 1. The van der Waals surface area contributed by atoms with Crippen LogP contribution in [0.15, 0.2) is 53.6 Å². The minimum Gasteiger partial charge on any atom is -0.326 e. The van der Waals surface area contributed by atoms with Gasteiger partial charge >= 0.3 is 0 Å². The van der Waals surface area contributed by atoms with Crippen molar-refractivity contribution < 1.29 is 13.2 Å². The van der Waals surface area contributed by atoms with Crippen molar-refractivity contribution in [3.63, 3.8) is 0 Å². The third kappa shape index (κ3) is 3.71. The van der Waals surface area contributed by atoms with Gasteiger partial charge in [-0.25, -0.2) is 8.42 Å². The van der Waals surface area contributed by atoms with Crippen LogP contribution in [0.3, 0.4) is 0 Å². The molecule has 0 aliphatic carbocycles. The van der Waals surface area contributed by atoms with Crippen LogP contribution in [0.5, 0.6) is 0 Å². The van der Waals surface area contributed by atoms with E-state index in [1.807, 2.05) is 18.2 Å². The summed E-state index contributed by atoms with van der Waals surface area (Å²) in [6, 6.07) is 12.0. The van der Waals surface area contributed by atoms with Crippen molar-refractivity contribution in [2.24, 2.45) is 0 Å². The van der Waals surface area contributed by atoms with Crippen LogP contribution in [-0.4, -0.2) is 29.8 Å². The zero-order valence-corrected chi connectivity index (χ0v) is 14.8. The van der Waals surface area contributed by atoms with E-state index >= 15 is 0 Å². The van der Waals surface area contributed by atoms with E-state index in [9.17, 15) is 13.2 Å². The average molecular weight is 357 g/mol. The summed E-state index contributed by atoms with van der Waals surface area (Å²) in [4.78, 5) is 12.5. The van der Waals surface area contributed by atoms with Gasteiger partial charge in [-0.2, -0.15) is 5.10 Å². The Morgan fingerprint density at radius 1 is 1.16 bits per heavy atom. The van der Waals surface area contributed by atoms with Crippen LogP contribution in [0.2, 0.25) is 0 Å². The first-order chi connectivity index (χ1) is 11.9. The molecular formula is C18H19N3O3S. The molecule has 1 aromatic heterocycles. The number of carbonyl (C=O) groups excluding carboxylic acids is 1. The van der Waals surface area contributed by atoms with E-state index in [-0.39, 0.29) is 17.2 Å². The van der Waals surface area contributed by atoms with Gasteiger partial charge in [-0.3, -0.25) is 9.89 Å². The highest BCUT2D eigenvalue weighted by molar-refractivity contribution is 7.92. The van der Waals surface area contributed by atoms with E-state index in [1.165, 1.54) is 0 Å². The largest absolute Gasteiger partial charge is 0.326 e. The van der Waals surface area contributed by atoms with Gasteiger partial charge in [-0.05, 0) is 49.7 Å². The number of hydrogen-bond donors (Lipinski definition) is 2. The quantitative estimate of drug-likeness (QED) is 0.734. The zero-order valence-electron chi connectivity index (χ0n) is 14.0. The molecule has 0 unspecified atom stereocenters. The number of aromatic amines is 1. The molecule has 0 bridgehead atoms. The maximum atomic E-state index is 12.2. The molecule has 25 heavy (non-hydrogen) atoms.